The standard InChI is InChI=1S/C28H24F3N3O5S.ClH/c1-17-13-20(18-5-3-7-21(14-18)28(29,30)31)15-24(26(35)34-36)25(17)33-27(19-6-4-12-32-16-19)40(37,38)23-10-8-22(39-2)9-11-23;/h3-16,27,33,36H,1-2H3,(H,34,35);1H. The lowest BCUT2D eigenvalue weighted by molar-refractivity contribution is -0.137. The van der Waals surface area contributed by atoms with Gasteiger partial charge in [-0.2, -0.15) is 13.2 Å². The Balaban J connectivity index is 0.00000462. The zero-order chi connectivity index (χ0) is 29.1. The Bertz CT molecular complexity index is 1630. The number of halogens is 4. The molecule has 1 amide bonds. The maximum atomic E-state index is 13.8. The first-order valence-electron chi connectivity index (χ1n) is 11.8. The second-order valence-corrected chi connectivity index (χ2v) is 10.8. The van der Waals surface area contributed by atoms with Gasteiger partial charge < -0.3 is 10.1 Å². The van der Waals surface area contributed by atoms with Crippen molar-refractivity contribution in [1.82, 2.24) is 10.5 Å². The highest BCUT2D eigenvalue weighted by Crippen LogP contribution is 2.37. The average molecular weight is 608 g/mol. The first-order chi connectivity index (χ1) is 19.0. The van der Waals surface area contributed by atoms with Crippen LogP contribution in [0.5, 0.6) is 5.75 Å². The first-order valence-corrected chi connectivity index (χ1v) is 13.3. The van der Waals surface area contributed by atoms with Gasteiger partial charge in [-0.3, -0.25) is 15.0 Å². The molecular formula is C28H25ClF3N3O5S. The van der Waals surface area contributed by atoms with Crippen molar-refractivity contribution in [3.05, 3.63) is 107 Å². The van der Waals surface area contributed by atoms with Crippen molar-refractivity contribution in [1.29, 1.82) is 0 Å². The Labute approximate surface area is 240 Å². The Morgan fingerprint density at radius 1 is 1.00 bits per heavy atom. The Morgan fingerprint density at radius 2 is 1.71 bits per heavy atom. The van der Waals surface area contributed by atoms with Crippen LogP contribution in [0.2, 0.25) is 0 Å². The van der Waals surface area contributed by atoms with Crippen LogP contribution < -0.4 is 15.5 Å². The van der Waals surface area contributed by atoms with E-state index in [1.165, 1.54) is 73.5 Å². The summed E-state index contributed by atoms with van der Waals surface area (Å²) in [6.45, 7) is 1.56. The topological polar surface area (TPSA) is 118 Å². The highest BCUT2D eigenvalue weighted by molar-refractivity contribution is 7.91. The SMILES string of the molecule is COc1ccc(S(=O)(=O)C(Nc2c(C)cc(-c3cccc(C(F)(F)F)c3)cc2C(=O)NO)c2cccnc2)cc1.Cl. The summed E-state index contributed by atoms with van der Waals surface area (Å²) in [7, 11) is -2.71. The van der Waals surface area contributed by atoms with E-state index in [0.717, 1.165) is 12.1 Å². The van der Waals surface area contributed by atoms with E-state index in [-0.39, 0.29) is 45.2 Å². The first kappa shape index (κ1) is 31.4. The number of ether oxygens (including phenoxy) is 1. The molecule has 1 aromatic heterocycles. The van der Waals surface area contributed by atoms with E-state index in [1.807, 2.05) is 0 Å². The number of hydrogen-bond donors (Lipinski definition) is 3. The predicted octanol–water partition coefficient (Wildman–Crippen LogP) is 6.21. The smallest absolute Gasteiger partial charge is 0.416 e. The molecule has 1 unspecified atom stereocenters. The summed E-state index contributed by atoms with van der Waals surface area (Å²) >= 11 is 0. The maximum absolute atomic E-state index is 13.8. The molecule has 4 aromatic rings. The normalized spacial score (nSPS) is 12.1. The van der Waals surface area contributed by atoms with Crippen molar-refractivity contribution >= 4 is 33.8 Å². The quantitative estimate of drug-likeness (QED) is 0.161. The van der Waals surface area contributed by atoms with Gasteiger partial charge in [0.1, 0.15) is 5.75 Å². The number of sulfone groups is 1. The molecule has 0 saturated heterocycles. The summed E-state index contributed by atoms with van der Waals surface area (Å²) in [4.78, 5) is 16.7. The minimum absolute atomic E-state index is 0. The van der Waals surface area contributed by atoms with Crippen LogP contribution in [0.3, 0.4) is 0 Å². The van der Waals surface area contributed by atoms with E-state index in [4.69, 9.17) is 4.74 Å². The Hall–Kier alpha value is -4.13. The van der Waals surface area contributed by atoms with E-state index in [2.05, 4.69) is 10.3 Å². The fourth-order valence-corrected chi connectivity index (χ4v) is 5.72. The van der Waals surface area contributed by atoms with Crippen LogP contribution in [-0.2, 0) is 16.0 Å². The molecule has 0 fully saturated rings. The number of pyridine rings is 1. The van der Waals surface area contributed by atoms with Gasteiger partial charge in [-0.1, -0.05) is 18.2 Å². The number of carbonyl (C=O) groups excluding carboxylic acids is 1. The summed E-state index contributed by atoms with van der Waals surface area (Å²) in [6.07, 6.45) is -1.75. The van der Waals surface area contributed by atoms with E-state index < -0.39 is 32.9 Å². The van der Waals surface area contributed by atoms with Gasteiger partial charge in [-0.15, -0.1) is 12.4 Å². The third kappa shape index (κ3) is 6.79. The zero-order valence-electron chi connectivity index (χ0n) is 21.6. The molecule has 0 bridgehead atoms. The number of hydrogen-bond acceptors (Lipinski definition) is 7. The van der Waals surface area contributed by atoms with Crippen molar-refractivity contribution in [2.45, 2.75) is 23.4 Å². The molecule has 1 atom stereocenters. The van der Waals surface area contributed by atoms with E-state index in [0.29, 0.717) is 11.3 Å². The molecule has 13 heteroatoms. The molecule has 216 valence electrons. The maximum Gasteiger partial charge on any atom is 0.416 e. The Morgan fingerprint density at radius 3 is 2.29 bits per heavy atom. The molecule has 3 aromatic carbocycles. The lowest BCUT2D eigenvalue weighted by Gasteiger charge is -2.24. The third-order valence-corrected chi connectivity index (χ3v) is 8.11. The zero-order valence-corrected chi connectivity index (χ0v) is 23.3. The van der Waals surface area contributed by atoms with Gasteiger partial charge in [-0.25, -0.2) is 13.9 Å². The number of nitrogens with zero attached hydrogens (tertiary/aromatic N) is 1. The summed E-state index contributed by atoms with van der Waals surface area (Å²) in [5, 5.41) is 10.9. The number of aromatic nitrogens is 1. The summed E-state index contributed by atoms with van der Waals surface area (Å²) in [5.74, 6) is -0.543. The Kier molecular flexibility index (Phi) is 9.64. The second-order valence-electron chi connectivity index (χ2n) is 8.77. The number of alkyl halides is 3. The molecule has 0 aliphatic carbocycles. The number of carbonyl (C=O) groups is 1. The molecule has 4 rings (SSSR count). The van der Waals surface area contributed by atoms with E-state index in [1.54, 1.807) is 19.1 Å². The molecule has 0 aliphatic rings. The van der Waals surface area contributed by atoms with Gasteiger partial charge in [0, 0.05) is 18.0 Å². The van der Waals surface area contributed by atoms with Gasteiger partial charge in [0.05, 0.1) is 28.8 Å². The molecule has 41 heavy (non-hydrogen) atoms. The minimum atomic E-state index is -4.58. The van der Waals surface area contributed by atoms with Crippen molar-refractivity contribution in [3.63, 3.8) is 0 Å². The summed E-state index contributed by atoms with van der Waals surface area (Å²) < 4.78 is 72.7. The van der Waals surface area contributed by atoms with E-state index >= 15 is 0 Å². The number of hydroxylamine groups is 1. The fourth-order valence-electron chi connectivity index (χ4n) is 4.16. The lowest BCUT2D eigenvalue weighted by Crippen LogP contribution is -2.26. The van der Waals surface area contributed by atoms with E-state index in [9.17, 15) is 31.6 Å². The molecule has 0 saturated carbocycles. The molecular weight excluding hydrogens is 583 g/mol. The number of amides is 1. The molecule has 3 N–H and O–H groups in total. The number of nitrogens with one attached hydrogen (secondary N) is 2. The van der Waals surface area contributed by atoms with Crippen LogP contribution in [0.25, 0.3) is 11.1 Å². The number of benzene rings is 3. The van der Waals surface area contributed by atoms with Crippen LogP contribution in [0.4, 0.5) is 18.9 Å². The van der Waals surface area contributed by atoms with Crippen molar-refractivity contribution in [3.8, 4) is 16.9 Å². The van der Waals surface area contributed by atoms with Gasteiger partial charge in [0.15, 0.2) is 5.37 Å². The number of aryl methyl sites for hydroxylation is 1. The highest BCUT2D eigenvalue weighted by atomic mass is 35.5. The van der Waals surface area contributed by atoms with Crippen molar-refractivity contribution < 1.29 is 36.3 Å². The van der Waals surface area contributed by atoms with Crippen LogP contribution >= 0.6 is 12.4 Å². The predicted molar refractivity (Wildman–Crippen MR) is 149 cm³/mol. The third-order valence-electron chi connectivity index (χ3n) is 6.17. The molecule has 0 spiro atoms. The number of rotatable bonds is 8. The van der Waals surface area contributed by atoms with Gasteiger partial charge in [0.25, 0.3) is 5.91 Å². The monoisotopic (exact) mass is 607 g/mol. The van der Waals surface area contributed by atoms with Crippen LogP contribution in [-0.4, -0.2) is 31.6 Å². The van der Waals surface area contributed by atoms with Crippen molar-refractivity contribution in [2.75, 3.05) is 12.4 Å². The molecule has 8 nitrogen and oxygen atoms in total. The summed E-state index contributed by atoms with van der Waals surface area (Å²) in [5.41, 5.74) is 1.54. The largest absolute Gasteiger partial charge is 0.497 e. The fraction of sp³-hybridized carbons (Fsp3) is 0.143. The number of methoxy groups -OCH3 is 1. The molecule has 1 heterocycles. The van der Waals surface area contributed by atoms with Crippen LogP contribution in [0.15, 0.2) is 90.1 Å². The summed E-state index contributed by atoms with van der Waals surface area (Å²) in [6, 6.07) is 16.2. The van der Waals surface area contributed by atoms with Crippen LogP contribution in [0, 0.1) is 6.92 Å². The molecule has 0 aliphatic heterocycles. The van der Waals surface area contributed by atoms with Crippen molar-refractivity contribution in [2.24, 2.45) is 0 Å². The molecule has 0 radical (unpaired) electrons. The highest BCUT2D eigenvalue weighted by Gasteiger charge is 2.32. The van der Waals surface area contributed by atoms with Gasteiger partial charge in [0.2, 0.25) is 9.84 Å². The van der Waals surface area contributed by atoms with Gasteiger partial charge in [-0.05, 0) is 78.2 Å². The second kappa shape index (κ2) is 12.6. The lowest BCUT2D eigenvalue weighted by atomic mass is 9.96. The number of anilines is 1. The van der Waals surface area contributed by atoms with Crippen LogP contribution in [0.1, 0.15) is 32.4 Å². The minimum Gasteiger partial charge on any atom is -0.497 e. The van der Waals surface area contributed by atoms with Gasteiger partial charge >= 0.3 is 6.18 Å². The average Bonchev–Trinajstić information content (AvgIpc) is 2.95.